The Hall–Kier alpha value is -2.84. The molecule has 3 heterocycles. The average Bonchev–Trinajstić information content (AvgIpc) is 2.91. The zero-order valence-corrected chi connectivity index (χ0v) is 22.7. The molecule has 2 aliphatic rings. The van der Waals surface area contributed by atoms with Crippen molar-refractivity contribution < 1.29 is 13.2 Å². The smallest absolute Gasteiger partial charge is 0.252 e. The van der Waals surface area contributed by atoms with Crippen molar-refractivity contribution in [1.82, 2.24) is 19.6 Å². The second-order valence-corrected chi connectivity index (χ2v) is 12.8. The molecule has 0 unspecified atom stereocenters. The highest BCUT2D eigenvalue weighted by Crippen LogP contribution is 2.32. The number of fused-ring (bicyclic) bond motifs is 1. The molecule has 2 aromatic heterocycles. The van der Waals surface area contributed by atoms with E-state index in [9.17, 15) is 13.2 Å². The predicted molar refractivity (Wildman–Crippen MR) is 146 cm³/mol. The molecule has 5 rings (SSSR count). The van der Waals surface area contributed by atoms with E-state index in [-0.39, 0.29) is 16.8 Å². The monoisotopic (exact) mass is 520 g/mol. The van der Waals surface area contributed by atoms with Gasteiger partial charge in [-0.2, -0.15) is 4.31 Å². The molecule has 1 N–H and O–H groups in total. The van der Waals surface area contributed by atoms with E-state index in [4.69, 9.17) is 4.98 Å². The van der Waals surface area contributed by atoms with Gasteiger partial charge in [-0.05, 0) is 73.4 Å². The molecule has 0 bridgehead atoms. The molecule has 196 valence electrons. The molecular weight excluding hydrogens is 484 g/mol. The number of nitrogens with one attached hydrogen (secondary N) is 1. The van der Waals surface area contributed by atoms with Crippen LogP contribution in [0.25, 0.3) is 22.3 Å². The molecule has 0 radical (unpaired) electrons. The standard InChI is InChI=1S/C29H36N4O3S/c1-19-12-15-33(16-13-19)37(35,36)22-10-11-26-23(17-22)24(18-28(31-26)27-8-4-5-14-30-27)29(34)32-25-9-6-7-20(2)21(25)3/h4-5,8,10-11,14,17-21,25H,6-7,9,12-13,15-16H2,1-3H3,(H,32,34)/t20-,21-,25+/m0/s1. The van der Waals surface area contributed by atoms with E-state index in [1.165, 1.54) is 6.42 Å². The fourth-order valence-electron chi connectivity index (χ4n) is 5.60. The summed E-state index contributed by atoms with van der Waals surface area (Å²) in [5, 5.41) is 3.81. The third kappa shape index (κ3) is 5.27. The van der Waals surface area contributed by atoms with Gasteiger partial charge < -0.3 is 5.32 Å². The number of amides is 1. The molecule has 7 nitrogen and oxygen atoms in total. The van der Waals surface area contributed by atoms with Crippen LogP contribution in [0.15, 0.2) is 53.6 Å². The summed E-state index contributed by atoms with van der Waals surface area (Å²) in [6.07, 6.45) is 6.61. The zero-order chi connectivity index (χ0) is 26.2. The van der Waals surface area contributed by atoms with Crippen LogP contribution < -0.4 is 5.32 Å². The van der Waals surface area contributed by atoms with Gasteiger partial charge in [0.05, 0.1) is 27.4 Å². The Labute approximate surface area is 219 Å². The van der Waals surface area contributed by atoms with Gasteiger partial charge in [-0.1, -0.05) is 39.7 Å². The third-order valence-electron chi connectivity index (χ3n) is 8.36. The van der Waals surface area contributed by atoms with E-state index < -0.39 is 10.0 Å². The van der Waals surface area contributed by atoms with Gasteiger partial charge >= 0.3 is 0 Å². The Morgan fingerprint density at radius 3 is 2.49 bits per heavy atom. The number of aromatic nitrogens is 2. The third-order valence-corrected chi connectivity index (χ3v) is 10.3. The summed E-state index contributed by atoms with van der Waals surface area (Å²) in [5.41, 5.74) is 2.26. The number of hydrogen-bond acceptors (Lipinski definition) is 5. The number of pyridine rings is 2. The number of benzene rings is 1. The Morgan fingerprint density at radius 2 is 1.76 bits per heavy atom. The molecule has 3 atom stereocenters. The van der Waals surface area contributed by atoms with E-state index >= 15 is 0 Å². The molecule has 2 fully saturated rings. The predicted octanol–water partition coefficient (Wildman–Crippen LogP) is 5.27. The molecule has 8 heteroatoms. The van der Waals surface area contributed by atoms with Crippen molar-refractivity contribution in [2.45, 2.75) is 63.8 Å². The highest BCUT2D eigenvalue weighted by Gasteiger charge is 2.31. The Bertz CT molecular complexity index is 1390. The number of piperidine rings is 1. The minimum absolute atomic E-state index is 0.0834. The lowest BCUT2D eigenvalue weighted by Crippen LogP contribution is -2.43. The number of sulfonamides is 1. The first kappa shape index (κ1) is 25.8. The molecule has 1 amide bonds. The number of carbonyl (C=O) groups is 1. The lowest BCUT2D eigenvalue weighted by atomic mass is 9.78. The number of hydrogen-bond donors (Lipinski definition) is 1. The van der Waals surface area contributed by atoms with Crippen LogP contribution >= 0.6 is 0 Å². The first-order chi connectivity index (χ1) is 17.7. The van der Waals surface area contributed by atoms with E-state index in [2.05, 4.69) is 31.1 Å². The van der Waals surface area contributed by atoms with Gasteiger partial charge in [0.25, 0.3) is 5.91 Å². The molecule has 1 aliphatic heterocycles. The van der Waals surface area contributed by atoms with Crippen molar-refractivity contribution in [2.75, 3.05) is 13.1 Å². The van der Waals surface area contributed by atoms with Crippen LogP contribution in [-0.2, 0) is 10.0 Å². The number of nitrogens with zero attached hydrogens (tertiary/aromatic N) is 3. The summed E-state index contributed by atoms with van der Waals surface area (Å²) in [6, 6.07) is 12.4. The Kier molecular flexibility index (Phi) is 7.32. The maximum Gasteiger partial charge on any atom is 0.252 e. The van der Waals surface area contributed by atoms with Crippen LogP contribution in [0.4, 0.5) is 0 Å². The SMILES string of the molecule is CC1CCN(S(=O)(=O)c2ccc3nc(-c4ccccn4)cc(C(=O)N[C@@H]4CCC[C@H](C)[C@@H]4C)c3c2)CC1. The number of rotatable bonds is 5. The summed E-state index contributed by atoms with van der Waals surface area (Å²) < 4.78 is 28.6. The summed E-state index contributed by atoms with van der Waals surface area (Å²) in [6.45, 7) is 7.63. The van der Waals surface area contributed by atoms with E-state index in [0.29, 0.717) is 58.7 Å². The van der Waals surface area contributed by atoms with Crippen molar-refractivity contribution >= 4 is 26.8 Å². The highest BCUT2D eigenvalue weighted by molar-refractivity contribution is 7.89. The van der Waals surface area contributed by atoms with E-state index in [1.807, 2.05) is 18.2 Å². The van der Waals surface area contributed by atoms with Crippen LogP contribution in [0, 0.1) is 17.8 Å². The van der Waals surface area contributed by atoms with Crippen molar-refractivity contribution in [2.24, 2.45) is 17.8 Å². The molecule has 1 saturated heterocycles. The van der Waals surface area contributed by atoms with Gasteiger partial charge in [0.15, 0.2) is 0 Å². The average molecular weight is 521 g/mol. The maximum atomic E-state index is 13.7. The lowest BCUT2D eigenvalue weighted by molar-refractivity contribution is 0.0892. The van der Waals surface area contributed by atoms with Crippen molar-refractivity contribution in [3.63, 3.8) is 0 Å². The molecule has 37 heavy (non-hydrogen) atoms. The van der Waals surface area contributed by atoms with Crippen molar-refractivity contribution in [3.05, 3.63) is 54.2 Å². The lowest BCUT2D eigenvalue weighted by Gasteiger charge is -2.34. The van der Waals surface area contributed by atoms with Gasteiger partial charge in [-0.3, -0.25) is 9.78 Å². The normalized spacial score (nSPS) is 23.7. The topological polar surface area (TPSA) is 92.3 Å². The summed E-state index contributed by atoms with van der Waals surface area (Å²) in [5.74, 6) is 1.24. The Morgan fingerprint density at radius 1 is 0.973 bits per heavy atom. The Balaban J connectivity index is 1.57. The van der Waals surface area contributed by atoms with Crippen molar-refractivity contribution in [3.8, 4) is 11.4 Å². The van der Waals surface area contributed by atoms with Crippen molar-refractivity contribution in [1.29, 1.82) is 0 Å². The molecule has 1 aliphatic carbocycles. The second kappa shape index (κ2) is 10.5. The highest BCUT2D eigenvalue weighted by atomic mass is 32.2. The second-order valence-electron chi connectivity index (χ2n) is 10.9. The summed E-state index contributed by atoms with van der Waals surface area (Å²) >= 11 is 0. The summed E-state index contributed by atoms with van der Waals surface area (Å²) in [4.78, 5) is 23.1. The minimum atomic E-state index is -3.66. The molecule has 1 aromatic carbocycles. The molecule has 1 saturated carbocycles. The number of carbonyl (C=O) groups excluding carboxylic acids is 1. The van der Waals surface area contributed by atoms with Crippen LogP contribution in [-0.4, -0.2) is 47.7 Å². The van der Waals surface area contributed by atoms with Gasteiger partial charge in [-0.25, -0.2) is 13.4 Å². The summed E-state index contributed by atoms with van der Waals surface area (Å²) in [7, 11) is -3.66. The molecular formula is C29H36N4O3S. The minimum Gasteiger partial charge on any atom is -0.349 e. The van der Waals surface area contributed by atoms with E-state index in [1.54, 1.807) is 34.8 Å². The zero-order valence-electron chi connectivity index (χ0n) is 21.9. The maximum absolute atomic E-state index is 13.7. The fraction of sp³-hybridized carbons (Fsp3) is 0.483. The van der Waals surface area contributed by atoms with Crippen LogP contribution in [0.2, 0.25) is 0 Å². The molecule has 3 aromatic rings. The largest absolute Gasteiger partial charge is 0.349 e. The van der Waals surface area contributed by atoms with Crippen LogP contribution in [0.3, 0.4) is 0 Å². The fourth-order valence-corrected chi connectivity index (χ4v) is 7.10. The van der Waals surface area contributed by atoms with E-state index in [0.717, 1.165) is 25.7 Å². The van der Waals surface area contributed by atoms with Crippen LogP contribution in [0.5, 0.6) is 0 Å². The first-order valence-electron chi connectivity index (χ1n) is 13.4. The quantitative estimate of drug-likeness (QED) is 0.495. The van der Waals surface area contributed by atoms with Gasteiger partial charge in [0, 0.05) is 30.7 Å². The van der Waals surface area contributed by atoms with Gasteiger partial charge in [0.2, 0.25) is 10.0 Å². The van der Waals surface area contributed by atoms with Gasteiger partial charge in [0.1, 0.15) is 0 Å². The van der Waals surface area contributed by atoms with Crippen LogP contribution in [0.1, 0.15) is 63.2 Å². The van der Waals surface area contributed by atoms with Gasteiger partial charge in [-0.15, -0.1) is 0 Å². The first-order valence-corrected chi connectivity index (χ1v) is 14.9. The molecule has 0 spiro atoms.